The Morgan fingerprint density at radius 3 is 1.89 bits per heavy atom. The molecule has 4 aliphatic carbocycles. The third-order valence-electron chi connectivity index (χ3n) is 5.04. The molecule has 0 unspecified atom stereocenters. The van der Waals surface area contributed by atoms with E-state index in [1.54, 1.807) is 0 Å². The Labute approximate surface area is 108 Å². The molecule has 0 aromatic heterocycles. The summed E-state index contributed by atoms with van der Waals surface area (Å²) in [5.41, 5.74) is 0.774. The lowest BCUT2D eigenvalue weighted by atomic mass is 9.55. The number of carboxylic acids is 1. The molecule has 0 spiro atoms. The Kier molecular flexibility index (Phi) is 2.87. The predicted molar refractivity (Wildman–Crippen MR) is 67.9 cm³/mol. The van der Waals surface area contributed by atoms with Crippen molar-refractivity contribution in [3.05, 3.63) is 11.3 Å². The smallest absolute Gasteiger partial charge is 0.371 e. The average molecular weight is 250 g/mol. The van der Waals surface area contributed by atoms with Gasteiger partial charge in [-0.25, -0.2) is 4.79 Å². The summed E-state index contributed by atoms with van der Waals surface area (Å²) in [5.74, 6) is 2.28. The number of ether oxygens (including phenoxy) is 1. The maximum absolute atomic E-state index is 11.2. The zero-order valence-electron chi connectivity index (χ0n) is 11.2. The molecule has 0 aliphatic heterocycles. The van der Waals surface area contributed by atoms with Gasteiger partial charge in [-0.15, -0.1) is 0 Å². The van der Waals surface area contributed by atoms with Crippen molar-refractivity contribution in [3.8, 4) is 0 Å². The van der Waals surface area contributed by atoms with Crippen LogP contribution in [0.3, 0.4) is 0 Å². The zero-order valence-corrected chi connectivity index (χ0v) is 11.2. The predicted octanol–water partition coefficient (Wildman–Crippen LogP) is 3.21. The van der Waals surface area contributed by atoms with Gasteiger partial charge in [0, 0.05) is 0 Å². The number of allylic oxidation sites excluding steroid dienone is 1. The van der Waals surface area contributed by atoms with Gasteiger partial charge < -0.3 is 9.84 Å². The van der Waals surface area contributed by atoms with Gasteiger partial charge in [0.2, 0.25) is 5.76 Å². The standard InChI is InChI=1S/C15H22O3/c1-8(2)13(15(16)17)18-14-11-4-9-3-10(6-11)7-12(14)5-9/h9-12,14H,3-7H2,1-2H3,(H,16,17). The van der Waals surface area contributed by atoms with E-state index >= 15 is 0 Å². The number of rotatable bonds is 3. The average Bonchev–Trinajstić information content (AvgIpc) is 2.25. The first kappa shape index (κ1) is 12.1. The fraction of sp³-hybridized carbons (Fsp3) is 0.800. The second kappa shape index (κ2) is 4.29. The number of aliphatic carboxylic acids is 1. The van der Waals surface area contributed by atoms with Crippen molar-refractivity contribution in [2.24, 2.45) is 23.7 Å². The van der Waals surface area contributed by atoms with Gasteiger partial charge in [-0.3, -0.25) is 0 Å². The second-order valence-electron chi connectivity index (χ2n) is 6.65. The van der Waals surface area contributed by atoms with Crippen molar-refractivity contribution in [1.29, 1.82) is 0 Å². The molecule has 4 bridgehead atoms. The second-order valence-corrected chi connectivity index (χ2v) is 6.65. The molecule has 1 N–H and O–H groups in total. The Morgan fingerprint density at radius 1 is 1.00 bits per heavy atom. The van der Waals surface area contributed by atoms with Gasteiger partial charge in [-0.2, -0.15) is 0 Å². The molecule has 0 saturated heterocycles. The van der Waals surface area contributed by atoms with Gasteiger partial charge in [0.15, 0.2) is 0 Å². The Balaban J connectivity index is 1.77. The van der Waals surface area contributed by atoms with Crippen LogP contribution >= 0.6 is 0 Å². The SMILES string of the molecule is CC(C)=C(OC1C2CC3CC(C2)CC1C3)C(=O)O. The van der Waals surface area contributed by atoms with Gasteiger partial charge >= 0.3 is 5.97 Å². The van der Waals surface area contributed by atoms with Gasteiger partial charge in [-0.05, 0) is 75.2 Å². The minimum absolute atomic E-state index is 0.166. The third-order valence-corrected chi connectivity index (χ3v) is 5.04. The Bertz CT molecular complexity index is 365. The monoisotopic (exact) mass is 250 g/mol. The van der Waals surface area contributed by atoms with Crippen LogP contribution in [0, 0.1) is 23.7 Å². The van der Waals surface area contributed by atoms with Crippen molar-refractivity contribution < 1.29 is 14.6 Å². The lowest BCUT2D eigenvalue weighted by molar-refractivity contribution is -0.146. The molecule has 4 saturated carbocycles. The summed E-state index contributed by atoms with van der Waals surface area (Å²) < 4.78 is 5.93. The molecule has 18 heavy (non-hydrogen) atoms. The van der Waals surface area contributed by atoms with Crippen molar-refractivity contribution in [1.82, 2.24) is 0 Å². The molecular formula is C15H22O3. The van der Waals surface area contributed by atoms with Crippen LogP contribution < -0.4 is 0 Å². The van der Waals surface area contributed by atoms with Crippen LogP contribution in [0.4, 0.5) is 0 Å². The first-order valence-corrected chi connectivity index (χ1v) is 7.12. The summed E-state index contributed by atoms with van der Waals surface area (Å²) >= 11 is 0. The topological polar surface area (TPSA) is 46.5 Å². The zero-order chi connectivity index (χ0) is 12.9. The first-order chi connectivity index (χ1) is 8.54. The lowest BCUT2D eigenvalue weighted by Crippen LogP contribution is -2.49. The number of hydrogen-bond donors (Lipinski definition) is 1. The highest BCUT2D eigenvalue weighted by atomic mass is 16.5. The molecule has 3 heteroatoms. The molecule has 0 heterocycles. The summed E-state index contributed by atoms with van der Waals surface area (Å²) in [4.78, 5) is 11.2. The van der Waals surface area contributed by atoms with Crippen LogP contribution in [0.25, 0.3) is 0 Å². The van der Waals surface area contributed by atoms with E-state index in [0.717, 1.165) is 17.4 Å². The van der Waals surface area contributed by atoms with E-state index in [2.05, 4.69) is 0 Å². The fourth-order valence-corrected chi connectivity index (χ4v) is 4.59. The Hall–Kier alpha value is -0.990. The third kappa shape index (κ3) is 1.94. The molecule has 0 amide bonds. The molecule has 0 radical (unpaired) electrons. The van der Waals surface area contributed by atoms with Gasteiger partial charge in [-0.1, -0.05) is 0 Å². The van der Waals surface area contributed by atoms with Crippen LogP contribution in [-0.2, 0) is 9.53 Å². The van der Waals surface area contributed by atoms with Crippen LogP contribution in [0.1, 0.15) is 46.0 Å². The summed E-state index contributed by atoms with van der Waals surface area (Å²) in [6.45, 7) is 3.64. The number of hydrogen-bond acceptors (Lipinski definition) is 2. The fourth-order valence-electron chi connectivity index (χ4n) is 4.59. The maximum atomic E-state index is 11.2. The van der Waals surface area contributed by atoms with E-state index < -0.39 is 5.97 Å². The summed E-state index contributed by atoms with van der Waals surface area (Å²) in [5, 5.41) is 9.22. The van der Waals surface area contributed by atoms with E-state index in [0.29, 0.717) is 11.8 Å². The van der Waals surface area contributed by atoms with Crippen LogP contribution in [0.2, 0.25) is 0 Å². The largest absolute Gasteiger partial charge is 0.483 e. The molecule has 4 rings (SSSR count). The quantitative estimate of drug-likeness (QED) is 0.618. The summed E-state index contributed by atoms with van der Waals surface area (Å²) in [7, 11) is 0. The molecule has 0 aromatic carbocycles. The van der Waals surface area contributed by atoms with Crippen LogP contribution in [0.15, 0.2) is 11.3 Å². The van der Waals surface area contributed by atoms with E-state index in [1.165, 1.54) is 32.1 Å². The highest BCUT2D eigenvalue weighted by Crippen LogP contribution is 2.55. The van der Waals surface area contributed by atoms with Crippen molar-refractivity contribution in [2.75, 3.05) is 0 Å². The molecule has 0 atom stereocenters. The van der Waals surface area contributed by atoms with Crippen molar-refractivity contribution >= 4 is 5.97 Å². The summed E-state index contributed by atoms with van der Waals surface area (Å²) in [6, 6.07) is 0. The molecule has 0 aromatic rings. The van der Waals surface area contributed by atoms with Crippen molar-refractivity contribution in [3.63, 3.8) is 0 Å². The highest BCUT2D eigenvalue weighted by Gasteiger charge is 2.49. The number of carbonyl (C=O) groups is 1. The van der Waals surface area contributed by atoms with Crippen molar-refractivity contribution in [2.45, 2.75) is 52.1 Å². The highest BCUT2D eigenvalue weighted by molar-refractivity contribution is 5.85. The van der Waals surface area contributed by atoms with E-state index in [4.69, 9.17) is 4.74 Å². The molecular weight excluding hydrogens is 228 g/mol. The number of carboxylic acid groups (broad SMARTS) is 1. The van der Waals surface area contributed by atoms with E-state index in [-0.39, 0.29) is 11.9 Å². The van der Waals surface area contributed by atoms with Gasteiger partial charge in [0.05, 0.1) is 0 Å². The minimum Gasteiger partial charge on any atom is -0.483 e. The van der Waals surface area contributed by atoms with Crippen LogP contribution in [-0.4, -0.2) is 17.2 Å². The minimum atomic E-state index is -0.913. The Morgan fingerprint density at radius 2 is 1.50 bits per heavy atom. The maximum Gasteiger partial charge on any atom is 0.371 e. The van der Waals surface area contributed by atoms with Crippen LogP contribution in [0.5, 0.6) is 0 Å². The lowest BCUT2D eigenvalue weighted by Gasteiger charge is -2.53. The molecule has 3 nitrogen and oxygen atoms in total. The van der Waals surface area contributed by atoms with E-state index in [9.17, 15) is 9.90 Å². The molecule has 100 valence electrons. The normalized spacial score (nSPS) is 40.7. The summed E-state index contributed by atoms with van der Waals surface area (Å²) in [6.07, 6.45) is 6.61. The van der Waals surface area contributed by atoms with Gasteiger partial charge in [0.25, 0.3) is 0 Å². The molecule has 4 aliphatic rings. The first-order valence-electron chi connectivity index (χ1n) is 7.12. The molecule has 4 fully saturated rings. The van der Waals surface area contributed by atoms with E-state index in [1.807, 2.05) is 13.8 Å². The van der Waals surface area contributed by atoms with Gasteiger partial charge in [0.1, 0.15) is 6.10 Å².